The summed E-state index contributed by atoms with van der Waals surface area (Å²) in [6, 6.07) is 0.260. The summed E-state index contributed by atoms with van der Waals surface area (Å²) in [5.41, 5.74) is -0.413. The van der Waals surface area contributed by atoms with Gasteiger partial charge in [0.15, 0.2) is 0 Å². The third kappa shape index (κ3) is 12.1. The van der Waals surface area contributed by atoms with Crippen molar-refractivity contribution in [3.8, 4) is 0 Å². The number of hydrogen-bond donors (Lipinski definition) is 0. The topological polar surface area (TPSA) is 48.0 Å². The zero-order valence-electron chi connectivity index (χ0n) is 20.2. The first-order chi connectivity index (χ1) is 13.7. The highest BCUT2D eigenvalue weighted by Crippen LogP contribution is 2.30. The SMILES string of the molecule is C.COCCC1CCCC(C)C1.COCCC1CCN(C(=O)OC(C)(C)C)C(C)C1. The molecule has 1 aliphatic carbocycles. The van der Waals surface area contributed by atoms with Crippen LogP contribution in [-0.2, 0) is 14.2 Å². The van der Waals surface area contributed by atoms with Crippen LogP contribution >= 0.6 is 0 Å². The Labute approximate surface area is 187 Å². The maximum atomic E-state index is 12.0. The molecule has 0 aromatic heterocycles. The molecule has 0 aromatic carbocycles. The lowest BCUT2D eigenvalue weighted by Gasteiger charge is -2.38. The lowest BCUT2D eigenvalue weighted by molar-refractivity contribution is 0.00551. The van der Waals surface area contributed by atoms with Crippen LogP contribution in [0, 0.1) is 17.8 Å². The van der Waals surface area contributed by atoms with E-state index in [-0.39, 0.29) is 19.6 Å². The summed E-state index contributed by atoms with van der Waals surface area (Å²) >= 11 is 0. The van der Waals surface area contributed by atoms with Gasteiger partial charge < -0.3 is 19.1 Å². The van der Waals surface area contributed by atoms with Crippen LogP contribution in [0.3, 0.4) is 0 Å². The molecule has 4 atom stereocenters. The Kier molecular flexibility index (Phi) is 14.7. The number of piperidine rings is 1. The molecule has 1 heterocycles. The van der Waals surface area contributed by atoms with Crippen molar-refractivity contribution in [1.29, 1.82) is 0 Å². The minimum Gasteiger partial charge on any atom is -0.444 e. The van der Waals surface area contributed by atoms with Crippen molar-refractivity contribution in [2.24, 2.45) is 17.8 Å². The second-order valence-electron chi connectivity index (χ2n) is 10.1. The molecular formula is C25H51NO4. The summed E-state index contributed by atoms with van der Waals surface area (Å²) in [5, 5.41) is 0. The fourth-order valence-electron chi connectivity index (χ4n) is 4.51. The van der Waals surface area contributed by atoms with E-state index in [1.165, 1.54) is 32.1 Å². The summed E-state index contributed by atoms with van der Waals surface area (Å²) in [7, 11) is 3.53. The fourth-order valence-corrected chi connectivity index (χ4v) is 4.51. The number of likely N-dealkylation sites (tertiary alicyclic amines) is 1. The van der Waals surface area contributed by atoms with Crippen molar-refractivity contribution in [3.63, 3.8) is 0 Å². The van der Waals surface area contributed by atoms with Gasteiger partial charge in [-0.2, -0.15) is 0 Å². The van der Waals surface area contributed by atoms with Gasteiger partial charge in [0.05, 0.1) is 0 Å². The maximum absolute atomic E-state index is 12.0. The number of carbonyl (C=O) groups excluding carboxylic acids is 1. The van der Waals surface area contributed by atoms with Crippen molar-refractivity contribution in [1.82, 2.24) is 4.90 Å². The number of nitrogens with zero attached hydrogens (tertiary/aromatic N) is 1. The molecule has 5 heteroatoms. The van der Waals surface area contributed by atoms with Crippen LogP contribution in [0.2, 0.25) is 0 Å². The Morgan fingerprint density at radius 3 is 1.97 bits per heavy atom. The van der Waals surface area contributed by atoms with Gasteiger partial charge in [-0.05, 0) is 77.6 Å². The van der Waals surface area contributed by atoms with Crippen LogP contribution in [0.1, 0.15) is 93.4 Å². The molecule has 30 heavy (non-hydrogen) atoms. The Morgan fingerprint density at radius 1 is 0.933 bits per heavy atom. The smallest absolute Gasteiger partial charge is 0.410 e. The zero-order valence-corrected chi connectivity index (χ0v) is 20.2. The second kappa shape index (κ2) is 15.1. The molecule has 0 bridgehead atoms. The molecule has 0 N–H and O–H groups in total. The Bertz CT molecular complexity index is 449. The predicted molar refractivity (Wildman–Crippen MR) is 126 cm³/mol. The van der Waals surface area contributed by atoms with E-state index in [1.807, 2.05) is 25.7 Å². The van der Waals surface area contributed by atoms with Crippen LogP contribution in [0.25, 0.3) is 0 Å². The highest BCUT2D eigenvalue weighted by atomic mass is 16.6. The van der Waals surface area contributed by atoms with E-state index < -0.39 is 5.60 Å². The number of hydrogen-bond acceptors (Lipinski definition) is 4. The van der Waals surface area contributed by atoms with E-state index in [4.69, 9.17) is 14.2 Å². The Balaban J connectivity index is 0.000000603. The van der Waals surface area contributed by atoms with Crippen LogP contribution in [0.5, 0.6) is 0 Å². The lowest BCUT2D eigenvalue weighted by Crippen LogP contribution is -2.46. The number of rotatable bonds is 6. The molecule has 2 fully saturated rings. The molecule has 2 aliphatic rings. The number of carbonyl (C=O) groups is 1. The van der Waals surface area contributed by atoms with E-state index in [2.05, 4.69) is 13.8 Å². The van der Waals surface area contributed by atoms with Gasteiger partial charge in [0.25, 0.3) is 0 Å². The summed E-state index contributed by atoms with van der Waals surface area (Å²) in [6.07, 6.45) is 10.0. The van der Waals surface area contributed by atoms with E-state index in [9.17, 15) is 4.79 Å². The number of ether oxygens (including phenoxy) is 3. The molecule has 5 nitrogen and oxygen atoms in total. The van der Waals surface area contributed by atoms with Crippen LogP contribution < -0.4 is 0 Å². The zero-order chi connectivity index (χ0) is 21.9. The van der Waals surface area contributed by atoms with Gasteiger partial charge in [0.2, 0.25) is 0 Å². The molecular weight excluding hydrogens is 378 g/mol. The van der Waals surface area contributed by atoms with Crippen molar-refractivity contribution >= 4 is 6.09 Å². The molecule has 0 aromatic rings. The van der Waals surface area contributed by atoms with E-state index in [0.717, 1.165) is 50.9 Å². The average Bonchev–Trinajstić information content (AvgIpc) is 2.64. The van der Waals surface area contributed by atoms with E-state index in [0.29, 0.717) is 5.92 Å². The second-order valence-corrected chi connectivity index (χ2v) is 10.1. The van der Waals surface area contributed by atoms with Gasteiger partial charge in [-0.1, -0.05) is 33.6 Å². The first-order valence-electron chi connectivity index (χ1n) is 11.6. The molecule has 1 aliphatic heterocycles. The summed E-state index contributed by atoms with van der Waals surface area (Å²) in [6.45, 7) is 12.7. The molecule has 0 radical (unpaired) electrons. The maximum Gasteiger partial charge on any atom is 0.410 e. The van der Waals surface area contributed by atoms with E-state index in [1.54, 1.807) is 14.2 Å². The average molecular weight is 430 g/mol. The Morgan fingerprint density at radius 2 is 1.50 bits per heavy atom. The van der Waals surface area contributed by atoms with Crippen molar-refractivity contribution < 1.29 is 19.0 Å². The molecule has 180 valence electrons. The lowest BCUT2D eigenvalue weighted by atomic mass is 9.81. The fraction of sp³-hybridized carbons (Fsp3) is 0.960. The van der Waals surface area contributed by atoms with Crippen molar-refractivity contribution in [2.75, 3.05) is 34.0 Å². The molecule has 1 saturated heterocycles. The molecule has 2 rings (SSSR count). The summed E-state index contributed by atoms with van der Waals surface area (Å²) < 4.78 is 15.6. The van der Waals surface area contributed by atoms with Crippen LogP contribution in [-0.4, -0.2) is 56.6 Å². The van der Waals surface area contributed by atoms with Gasteiger partial charge in [-0.3, -0.25) is 0 Å². The third-order valence-corrected chi connectivity index (χ3v) is 6.12. The van der Waals surface area contributed by atoms with Crippen LogP contribution in [0.15, 0.2) is 0 Å². The molecule has 0 spiro atoms. The highest BCUT2D eigenvalue weighted by molar-refractivity contribution is 5.68. The van der Waals surface area contributed by atoms with Crippen LogP contribution in [0.4, 0.5) is 4.79 Å². The Hall–Kier alpha value is -0.810. The first-order valence-corrected chi connectivity index (χ1v) is 11.6. The van der Waals surface area contributed by atoms with Gasteiger partial charge in [0.1, 0.15) is 5.60 Å². The van der Waals surface area contributed by atoms with Gasteiger partial charge in [-0.15, -0.1) is 0 Å². The van der Waals surface area contributed by atoms with Gasteiger partial charge >= 0.3 is 6.09 Å². The number of amides is 1. The minimum absolute atomic E-state index is 0. The monoisotopic (exact) mass is 429 g/mol. The summed E-state index contributed by atoms with van der Waals surface area (Å²) in [5.74, 6) is 2.59. The first kappa shape index (κ1) is 29.2. The molecule has 1 amide bonds. The van der Waals surface area contributed by atoms with Gasteiger partial charge in [0, 0.05) is 40.0 Å². The van der Waals surface area contributed by atoms with Crippen molar-refractivity contribution in [3.05, 3.63) is 0 Å². The highest BCUT2D eigenvalue weighted by Gasteiger charge is 2.31. The molecule has 4 unspecified atom stereocenters. The quantitative estimate of drug-likeness (QED) is 0.481. The predicted octanol–water partition coefficient (Wildman–Crippen LogP) is 6.54. The standard InChI is InChI=1S/C14H27NO3.C10H20O.CH4/c1-11-10-12(7-9-17-5)6-8-15(11)13(16)18-14(2,3)4;1-9-4-3-5-10(8-9)6-7-11-2;/h11-12H,6-10H2,1-5H3;9-10H,3-8H2,1-2H3;1H4. The largest absolute Gasteiger partial charge is 0.444 e. The third-order valence-electron chi connectivity index (χ3n) is 6.12. The van der Waals surface area contributed by atoms with E-state index >= 15 is 0 Å². The summed E-state index contributed by atoms with van der Waals surface area (Å²) in [4.78, 5) is 13.9. The minimum atomic E-state index is -0.413. The normalized spacial score (nSPS) is 26.8. The van der Waals surface area contributed by atoms with Gasteiger partial charge in [-0.25, -0.2) is 4.79 Å². The molecule has 1 saturated carbocycles. The number of methoxy groups -OCH3 is 2. The van der Waals surface area contributed by atoms with Crippen molar-refractivity contribution in [2.45, 2.75) is 105 Å².